The number of aromatic nitrogens is 4. The van der Waals surface area contributed by atoms with E-state index in [0.717, 1.165) is 30.5 Å². The number of rotatable bonds is 7. The molecular formula is C20H29N7O4. The quantitative estimate of drug-likeness (QED) is 0.516. The third-order valence-corrected chi connectivity index (χ3v) is 6.09. The maximum Gasteiger partial charge on any atom is 0.168 e. The Labute approximate surface area is 179 Å². The molecule has 5 atom stereocenters. The Morgan fingerprint density at radius 2 is 2.03 bits per heavy atom. The lowest BCUT2D eigenvalue weighted by atomic mass is 9.87. The standard InChI is InChI=1S/C20H29N7O4/c1-5-6-7-11-10(2)25-26-20(11,3)19-23-16(21-4)13-17(24-19)27(9-22-13)18-15(30)14(29)12(8-28)31-18/h9,12,14-15,18,28-30H,5-8H2,1-4H3,(H,21,23,24)/t12-,14-,15-,18-,20?/m1/s1. The molecule has 1 fully saturated rings. The molecule has 11 nitrogen and oxygen atoms in total. The monoisotopic (exact) mass is 431 g/mol. The van der Waals surface area contributed by atoms with Crippen molar-refractivity contribution >= 4 is 17.0 Å². The lowest BCUT2D eigenvalue weighted by molar-refractivity contribution is -0.0511. The number of azo groups is 1. The van der Waals surface area contributed by atoms with Crippen LogP contribution in [0.3, 0.4) is 0 Å². The van der Waals surface area contributed by atoms with Crippen LogP contribution in [0.4, 0.5) is 5.82 Å². The molecule has 1 saturated heterocycles. The van der Waals surface area contributed by atoms with Crippen LogP contribution < -0.4 is 5.32 Å². The SMILES string of the molecule is CCCCC1=C(C)N=NC1(C)c1nc(NC)c2ncn([C@@H]3O[C@H](CO)[C@@H](O)[C@H]3O)c2n1. The molecule has 0 saturated carbocycles. The highest BCUT2D eigenvalue weighted by Gasteiger charge is 2.45. The molecule has 2 aliphatic heterocycles. The predicted molar refractivity (Wildman–Crippen MR) is 112 cm³/mol. The van der Waals surface area contributed by atoms with E-state index in [0.29, 0.717) is 22.8 Å². The minimum Gasteiger partial charge on any atom is -0.394 e. The summed E-state index contributed by atoms with van der Waals surface area (Å²) in [7, 11) is 1.74. The van der Waals surface area contributed by atoms with E-state index in [2.05, 4.69) is 27.5 Å². The topological polar surface area (TPSA) is 150 Å². The number of aliphatic hydroxyl groups is 3. The Kier molecular flexibility index (Phi) is 5.77. The average molecular weight is 431 g/mol. The van der Waals surface area contributed by atoms with E-state index >= 15 is 0 Å². The molecule has 168 valence electrons. The van der Waals surface area contributed by atoms with Crippen molar-refractivity contribution < 1.29 is 20.1 Å². The molecule has 0 spiro atoms. The Hall–Kier alpha value is -2.47. The fraction of sp³-hybridized carbons (Fsp3) is 0.650. The highest BCUT2D eigenvalue weighted by Crippen LogP contribution is 2.43. The first-order valence-corrected chi connectivity index (χ1v) is 10.5. The van der Waals surface area contributed by atoms with E-state index in [9.17, 15) is 15.3 Å². The first-order valence-electron chi connectivity index (χ1n) is 10.5. The number of allylic oxidation sites excluding steroid dienone is 1. The number of nitrogens with zero attached hydrogens (tertiary/aromatic N) is 6. The average Bonchev–Trinajstić information content (AvgIpc) is 3.41. The van der Waals surface area contributed by atoms with Gasteiger partial charge in [-0.25, -0.2) is 15.0 Å². The fourth-order valence-corrected chi connectivity index (χ4v) is 4.21. The van der Waals surface area contributed by atoms with Crippen molar-refractivity contribution in [1.29, 1.82) is 0 Å². The summed E-state index contributed by atoms with van der Waals surface area (Å²) < 4.78 is 7.24. The van der Waals surface area contributed by atoms with Crippen molar-refractivity contribution in [2.24, 2.45) is 10.2 Å². The first kappa shape index (κ1) is 21.8. The summed E-state index contributed by atoms with van der Waals surface area (Å²) in [6, 6.07) is 0. The van der Waals surface area contributed by atoms with Gasteiger partial charge in [0.25, 0.3) is 0 Å². The number of imidazole rings is 1. The summed E-state index contributed by atoms with van der Waals surface area (Å²) in [6.07, 6.45) is 0.0915. The van der Waals surface area contributed by atoms with Crippen LogP contribution in [0.2, 0.25) is 0 Å². The van der Waals surface area contributed by atoms with Gasteiger partial charge in [-0.1, -0.05) is 13.3 Å². The molecule has 0 aliphatic carbocycles. The number of anilines is 1. The molecule has 4 rings (SSSR count). The Balaban J connectivity index is 1.82. The summed E-state index contributed by atoms with van der Waals surface area (Å²) >= 11 is 0. The lowest BCUT2D eigenvalue weighted by Crippen LogP contribution is -2.33. The van der Waals surface area contributed by atoms with Gasteiger partial charge in [0.15, 0.2) is 34.6 Å². The lowest BCUT2D eigenvalue weighted by Gasteiger charge is -2.23. The van der Waals surface area contributed by atoms with Crippen LogP contribution in [0.25, 0.3) is 11.2 Å². The van der Waals surface area contributed by atoms with Gasteiger partial charge in [-0.3, -0.25) is 4.57 Å². The van der Waals surface area contributed by atoms with E-state index in [4.69, 9.17) is 14.7 Å². The second-order valence-electron chi connectivity index (χ2n) is 8.14. The van der Waals surface area contributed by atoms with Gasteiger partial charge in [0.05, 0.1) is 18.6 Å². The molecule has 0 radical (unpaired) electrons. The molecule has 2 aromatic rings. The van der Waals surface area contributed by atoms with E-state index < -0.39 is 36.7 Å². The summed E-state index contributed by atoms with van der Waals surface area (Å²) in [5.41, 5.74) is 2.08. The van der Waals surface area contributed by atoms with Gasteiger partial charge in [-0.15, -0.1) is 0 Å². The molecule has 0 bridgehead atoms. The molecule has 2 aromatic heterocycles. The number of ether oxygens (including phenoxy) is 1. The Morgan fingerprint density at radius 3 is 2.68 bits per heavy atom. The minimum absolute atomic E-state index is 0.410. The second kappa shape index (κ2) is 8.23. The van der Waals surface area contributed by atoms with Crippen LogP contribution in [-0.4, -0.2) is 66.8 Å². The highest BCUT2D eigenvalue weighted by atomic mass is 16.6. The van der Waals surface area contributed by atoms with Crippen LogP contribution in [-0.2, 0) is 10.3 Å². The third-order valence-electron chi connectivity index (χ3n) is 6.09. The predicted octanol–water partition coefficient (Wildman–Crippen LogP) is 1.62. The summed E-state index contributed by atoms with van der Waals surface area (Å²) in [5, 5.41) is 42.0. The van der Waals surface area contributed by atoms with Crippen molar-refractivity contribution in [2.45, 2.75) is 70.1 Å². The van der Waals surface area contributed by atoms with Crippen LogP contribution in [0.5, 0.6) is 0 Å². The minimum atomic E-state index is -1.24. The van der Waals surface area contributed by atoms with E-state index in [-0.39, 0.29) is 0 Å². The number of hydrogen-bond acceptors (Lipinski definition) is 10. The molecule has 0 amide bonds. The molecule has 11 heteroatoms. The van der Waals surface area contributed by atoms with Crippen molar-refractivity contribution in [1.82, 2.24) is 19.5 Å². The molecular weight excluding hydrogens is 402 g/mol. The van der Waals surface area contributed by atoms with Gasteiger partial charge in [0, 0.05) is 7.05 Å². The van der Waals surface area contributed by atoms with Crippen molar-refractivity contribution in [3.63, 3.8) is 0 Å². The molecule has 2 aliphatic rings. The second-order valence-corrected chi connectivity index (χ2v) is 8.14. The maximum absolute atomic E-state index is 10.5. The van der Waals surface area contributed by atoms with Crippen LogP contribution >= 0.6 is 0 Å². The highest BCUT2D eigenvalue weighted by molar-refractivity contribution is 5.83. The van der Waals surface area contributed by atoms with Gasteiger partial charge in [0.2, 0.25) is 0 Å². The molecule has 0 aromatic carbocycles. The zero-order chi connectivity index (χ0) is 22.3. The summed E-state index contributed by atoms with van der Waals surface area (Å²) in [6.45, 7) is 5.62. The smallest absolute Gasteiger partial charge is 0.168 e. The van der Waals surface area contributed by atoms with Gasteiger partial charge < -0.3 is 25.4 Å². The zero-order valence-electron chi connectivity index (χ0n) is 18.1. The third kappa shape index (κ3) is 3.41. The molecule has 4 N–H and O–H groups in total. The Bertz CT molecular complexity index is 1040. The molecule has 1 unspecified atom stereocenters. The number of unbranched alkanes of at least 4 members (excludes halogenated alkanes) is 1. The van der Waals surface area contributed by atoms with E-state index in [1.807, 2.05) is 13.8 Å². The number of hydrogen-bond donors (Lipinski definition) is 4. The normalized spacial score (nSPS) is 30.7. The van der Waals surface area contributed by atoms with E-state index in [1.54, 1.807) is 11.6 Å². The van der Waals surface area contributed by atoms with Crippen LogP contribution in [0, 0.1) is 0 Å². The molecule has 4 heterocycles. The first-order chi connectivity index (χ1) is 14.8. The number of nitrogens with one attached hydrogen (secondary N) is 1. The molecule has 31 heavy (non-hydrogen) atoms. The Morgan fingerprint density at radius 1 is 1.26 bits per heavy atom. The summed E-state index contributed by atoms with van der Waals surface area (Å²) in [4.78, 5) is 13.9. The number of fused-ring (bicyclic) bond motifs is 1. The fourth-order valence-electron chi connectivity index (χ4n) is 4.21. The van der Waals surface area contributed by atoms with Gasteiger partial charge >= 0.3 is 0 Å². The largest absolute Gasteiger partial charge is 0.394 e. The van der Waals surface area contributed by atoms with Crippen LogP contribution in [0.15, 0.2) is 27.8 Å². The van der Waals surface area contributed by atoms with Crippen molar-refractivity contribution in [3.05, 3.63) is 23.4 Å². The zero-order valence-corrected chi connectivity index (χ0v) is 18.1. The maximum atomic E-state index is 10.5. The van der Waals surface area contributed by atoms with E-state index in [1.165, 1.54) is 6.33 Å². The summed E-state index contributed by atoms with van der Waals surface area (Å²) in [5.74, 6) is 0.978. The van der Waals surface area contributed by atoms with Crippen molar-refractivity contribution in [3.8, 4) is 0 Å². The van der Waals surface area contributed by atoms with Gasteiger partial charge in [0.1, 0.15) is 18.3 Å². The van der Waals surface area contributed by atoms with Gasteiger partial charge in [-0.2, -0.15) is 10.2 Å². The van der Waals surface area contributed by atoms with Crippen LogP contribution in [0.1, 0.15) is 52.1 Å². The van der Waals surface area contributed by atoms with Crippen molar-refractivity contribution in [2.75, 3.05) is 19.0 Å². The van der Waals surface area contributed by atoms with Gasteiger partial charge in [-0.05, 0) is 32.3 Å². The number of aliphatic hydroxyl groups excluding tert-OH is 3.